The highest BCUT2D eigenvalue weighted by Crippen LogP contribution is 2.31. The number of aryl methyl sites for hydroxylation is 1. The number of pyridine rings is 1. The van der Waals surface area contributed by atoms with Crippen molar-refractivity contribution in [2.24, 2.45) is 5.92 Å². The number of fused-ring (bicyclic) bond motifs is 1. The van der Waals surface area contributed by atoms with Crippen LogP contribution in [0.25, 0.3) is 10.9 Å². The summed E-state index contributed by atoms with van der Waals surface area (Å²) in [5.74, 6) is 1.30. The highest BCUT2D eigenvalue weighted by Gasteiger charge is 2.33. The molecule has 8 nitrogen and oxygen atoms in total. The lowest BCUT2D eigenvalue weighted by atomic mass is 9.95. The molecule has 0 saturated carbocycles. The molecular weight excluding hydrogens is 404 g/mol. The van der Waals surface area contributed by atoms with Crippen LogP contribution in [0.5, 0.6) is 0 Å². The van der Waals surface area contributed by atoms with Gasteiger partial charge in [-0.15, -0.1) is 5.10 Å². The smallest absolute Gasteiger partial charge is 0.253 e. The molecule has 170 valence electrons. The van der Waals surface area contributed by atoms with Crippen molar-refractivity contribution in [1.82, 2.24) is 30.1 Å². The van der Waals surface area contributed by atoms with Crippen molar-refractivity contribution in [2.45, 2.75) is 64.6 Å². The standard InChI is InChI=1S/C24H32N6O2/c1-3-17-8-9-21-18(12-17)13-20(24(31)25-21)22(29-10-4-6-16(2)14-29)23-26-27-28-30(23)15-19-7-5-11-32-19/h8-9,12-13,16,19,22H,3-7,10-11,14-15H2,1-2H3,(H,25,31)/t16-,19-,22-/m1/s1. The molecule has 0 bridgehead atoms. The van der Waals surface area contributed by atoms with Gasteiger partial charge in [0, 0.05) is 24.2 Å². The summed E-state index contributed by atoms with van der Waals surface area (Å²) >= 11 is 0. The number of tetrazole rings is 1. The van der Waals surface area contributed by atoms with Gasteiger partial charge < -0.3 is 9.72 Å². The first kappa shape index (κ1) is 21.3. The van der Waals surface area contributed by atoms with Crippen molar-refractivity contribution in [3.05, 3.63) is 51.6 Å². The van der Waals surface area contributed by atoms with Crippen molar-refractivity contribution >= 4 is 10.9 Å². The van der Waals surface area contributed by atoms with Crippen LogP contribution in [0.3, 0.4) is 0 Å². The highest BCUT2D eigenvalue weighted by molar-refractivity contribution is 5.80. The summed E-state index contributed by atoms with van der Waals surface area (Å²) in [4.78, 5) is 18.8. The zero-order valence-electron chi connectivity index (χ0n) is 19.0. The molecule has 3 aromatic rings. The summed E-state index contributed by atoms with van der Waals surface area (Å²) in [5, 5.41) is 13.8. The Kier molecular flexibility index (Phi) is 6.06. The topological polar surface area (TPSA) is 88.9 Å². The molecule has 0 aliphatic carbocycles. The summed E-state index contributed by atoms with van der Waals surface area (Å²) in [7, 11) is 0. The maximum absolute atomic E-state index is 13.3. The molecule has 0 radical (unpaired) electrons. The first-order valence-corrected chi connectivity index (χ1v) is 11.9. The Bertz CT molecular complexity index is 1130. The molecule has 4 heterocycles. The van der Waals surface area contributed by atoms with Crippen molar-refractivity contribution < 1.29 is 4.74 Å². The van der Waals surface area contributed by atoms with Crippen LogP contribution in [-0.4, -0.2) is 55.9 Å². The Balaban J connectivity index is 1.60. The molecule has 1 N–H and O–H groups in total. The first-order chi connectivity index (χ1) is 15.6. The molecule has 5 rings (SSSR count). The van der Waals surface area contributed by atoms with Gasteiger partial charge in [0.2, 0.25) is 0 Å². The summed E-state index contributed by atoms with van der Waals surface area (Å²) in [6.07, 6.45) is 5.48. The SMILES string of the molecule is CCc1ccc2[nH]c(=O)c([C@H](c3nnnn3C[C@H]3CCCO3)N3CCC[C@@H](C)C3)cc2c1. The minimum atomic E-state index is -0.285. The molecule has 1 aromatic carbocycles. The second-order valence-corrected chi connectivity index (χ2v) is 9.33. The molecule has 2 aromatic heterocycles. The third-order valence-corrected chi connectivity index (χ3v) is 6.90. The largest absolute Gasteiger partial charge is 0.376 e. The predicted molar refractivity (Wildman–Crippen MR) is 123 cm³/mol. The van der Waals surface area contributed by atoms with Gasteiger partial charge in [-0.2, -0.15) is 0 Å². The van der Waals surface area contributed by atoms with Crippen LogP contribution in [-0.2, 0) is 17.7 Å². The van der Waals surface area contributed by atoms with Crippen LogP contribution in [0.1, 0.15) is 62.5 Å². The van der Waals surface area contributed by atoms with E-state index in [4.69, 9.17) is 4.74 Å². The van der Waals surface area contributed by atoms with Gasteiger partial charge in [-0.05, 0) is 84.1 Å². The maximum atomic E-state index is 13.3. The number of likely N-dealkylation sites (tertiary alicyclic amines) is 1. The number of aromatic amines is 1. The van der Waals surface area contributed by atoms with Crippen molar-refractivity contribution in [3.8, 4) is 0 Å². The maximum Gasteiger partial charge on any atom is 0.253 e. The number of benzene rings is 1. The van der Waals surface area contributed by atoms with Crippen LogP contribution in [0.4, 0.5) is 0 Å². The average Bonchev–Trinajstić information content (AvgIpc) is 3.47. The van der Waals surface area contributed by atoms with Crippen LogP contribution in [0, 0.1) is 5.92 Å². The lowest BCUT2D eigenvalue weighted by molar-refractivity contribution is 0.0889. The summed E-state index contributed by atoms with van der Waals surface area (Å²) in [5.41, 5.74) is 2.75. The second-order valence-electron chi connectivity index (χ2n) is 9.33. The predicted octanol–water partition coefficient (Wildman–Crippen LogP) is 3.08. The molecule has 0 amide bonds. The fourth-order valence-corrected chi connectivity index (χ4v) is 5.17. The van der Waals surface area contributed by atoms with Crippen molar-refractivity contribution in [3.63, 3.8) is 0 Å². The van der Waals surface area contributed by atoms with Crippen LogP contribution >= 0.6 is 0 Å². The molecule has 32 heavy (non-hydrogen) atoms. The zero-order chi connectivity index (χ0) is 22.1. The quantitative estimate of drug-likeness (QED) is 0.639. The number of H-pyrrole nitrogens is 1. The van der Waals surface area contributed by atoms with Gasteiger partial charge in [0.1, 0.15) is 6.04 Å². The molecule has 2 aliphatic rings. The molecule has 0 spiro atoms. The minimum Gasteiger partial charge on any atom is -0.376 e. The van der Waals surface area contributed by atoms with E-state index < -0.39 is 0 Å². The summed E-state index contributed by atoms with van der Waals surface area (Å²) < 4.78 is 7.69. The van der Waals surface area contributed by atoms with Gasteiger partial charge in [-0.25, -0.2) is 4.68 Å². The zero-order valence-corrected chi connectivity index (χ0v) is 19.0. The van der Waals surface area contributed by atoms with E-state index in [0.717, 1.165) is 62.1 Å². The van der Waals surface area contributed by atoms with Gasteiger partial charge in [-0.1, -0.05) is 19.9 Å². The summed E-state index contributed by atoms with van der Waals surface area (Å²) in [6.45, 7) is 7.67. The number of aromatic nitrogens is 5. The first-order valence-electron chi connectivity index (χ1n) is 11.9. The Morgan fingerprint density at radius 2 is 2.16 bits per heavy atom. The molecule has 0 unspecified atom stereocenters. The number of nitrogens with one attached hydrogen (secondary N) is 1. The minimum absolute atomic E-state index is 0.0726. The van der Waals surface area contributed by atoms with E-state index in [9.17, 15) is 4.79 Å². The third-order valence-electron chi connectivity index (χ3n) is 6.90. The number of rotatable bonds is 6. The normalized spacial score (nSPS) is 23.1. The van der Waals surface area contributed by atoms with Crippen molar-refractivity contribution in [1.29, 1.82) is 0 Å². The van der Waals surface area contributed by atoms with Crippen molar-refractivity contribution in [2.75, 3.05) is 19.7 Å². The molecule has 3 atom stereocenters. The van der Waals surface area contributed by atoms with Gasteiger partial charge in [-0.3, -0.25) is 9.69 Å². The Morgan fingerprint density at radius 1 is 1.25 bits per heavy atom. The third kappa shape index (κ3) is 4.21. The van der Waals surface area contributed by atoms with E-state index in [1.54, 1.807) is 0 Å². The number of piperidine rings is 1. The molecular formula is C24H32N6O2. The van der Waals surface area contributed by atoms with Gasteiger partial charge in [0.15, 0.2) is 5.82 Å². The molecule has 2 fully saturated rings. The van der Waals surface area contributed by atoms with E-state index in [0.29, 0.717) is 18.0 Å². The molecule has 8 heteroatoms. The number of hydrogen-bond donors (Lipinski definition) is 1. The Hall–Kier alpha value is -2.58. The second kappa shape index (κ2) is 9.11. The fourth-order valence-electron chi connectivity index (χ4n) is 5.17. The average molecular weight is 437 g/mol. The van der Waals surface area contributed by atoms with Gasteiger partial charge in [0.25, 0.3) is 5.56 Å². The lowest BCUT2D eigenvalue weighted by Gasteiger charge is -2.36. The highest BCUT2D eigenvalue weighted by atomic mass is 16.5. The van der Waals surface area contributed by atoms with Crippen LogP contribution in [0.15, 0.2) is 29.1 Å². The van der Waals surface area contributed by atoms with E-state index in [-0.39, 0.29) is 17.7 Å². The number of ether oxygens (including phenoxy) is 1. The van der Waals surface area contributed by atoms with E-state index in [1.165, 1.54) is 12.0 Å². The van der Waals surface area contributed by atoms with Crippen LogP contribution < -0.4 is 5.56 Å². The molecule has 2 saturated heterocycles. The number of hydrogen-bond acceptors (Lipinski definition) is 6. The van der Waals surface area contributed by atoms with Gasteiger partial charge in [0.05, 0.1) is 12.6 Å². The van der Waals surface area contributed by atoms with E-state index in [1.807, 2.05) is 16.8 Å². The Labute approximate surface area is 188 Å². The monoisotopic (exact) mass is 436 g/mol. The van der Waals surface area contributed by atoms with E-state index >= 15 is 0 Å². The van der Waals surface area contributed by atoms with E-state index in [2.05, 4.69) is 51.4 Å². The van der Waals surface area contributed by atoms with Crippen LogP contribution in [0.2, 0.25) is 0 Å². The summed E-state index contributed by atoms with van der Waals surface area (Å²) in [6, 6.07) is 8.00. The Morgan fingerprint density at radius 3 is 2.94 bits per heavy atom. The lowest BCUT2D eigenvalue weighted by Crippen LogP contribution is -2.41. The van der Waals surface area contributed by atoms with Gasteiger partial charge >= 0.3 is 0 Å². The number of nitrogens with zero attached hydrogens (tertiary/aromatic N) is 5. The fraction of sp³-hybridized carbons (Fsp3) is 0.583. The molecule has 2 aliphatic heterocycles.